The van der Waals surface area contributed by atoms with Gasteiger partial charge in [-0.3, -0.25) is 9.59 Å². The molecule has 2 aromatic rings. The van der Waals surface area contributed by atoms with Crippen LogP contribution in [0.1, 0.15) is 39.2 Å². The fraction of sp³-hybridized carbons (Fsp3) is 0.391. The van der Waals surface area contributed by atoms with Crippen LogP contribution < -0.4 is 10.1 Å². The number of carbonyl (C=O) groups excluding carboxylic acids is 2. The highest BCUT2D eigenvalue weighted by Crippen LogP contribution is 2.27. The van der Waals surface area contributed by atoms with E-state index < -0.39 is 6.04 Å². The Labute approximate surface area is 198 Å². The lowest BCUT2D eigenvalue weighted by atomic mass is 10.1. The summed E-state index contributed by atoms with van der Waals surface area (Å²) in [5, 5.41) is 4.32. The quantitative estimate of drug-likeness (QED) is 0.466. The number of hydrogen-bond acceptors (Lipinski definition) is 3. The second-order valence-corrected chi connectivity index (χ2v) is 8.46. The molecule has 0 aliphatic heterocycles. The van der Waals surface area contributed by atoms with E-state index >= 15 is 0 Å². The van der Waals surface area contributed by atoms with E-state index in [0.29, 0.717) is 32.8 Å². The first kappa shape index (κ1) is 25.3. The van der Waals surface area contributed by atoms with Gasteiger partial charge in [-0.2, -0.15) is 0 Å². The zero-order valence-corrected chi connectivity index (χ0v) is 20.1. The summed E-state index contributed by atoms with van der Waals surface area (Å²) in [6.07, 6.45) is 1.21. The van der Waals surface area contributed by atoms with Gasteiger partial charge >= 0.3 is 0 Å². The first-order chi connectivity index (χ1) is 14.8. The second-order valence-electron chi connectivity index (χ2n) is 7.21. The maximum atomic E-state index is 13.2. The Bertz CT molecular complexity index is 887. The van der Waals surface area contributed by atoms with E-state index in [4.69, 9.17) is 39.5 Å². The highest BCUT2D eigenvalue weighted by Gasteiger charge is 2.30. The molecule has 0 spiro atoms. The molecule has 31 heavy (non-hydrogen) atoms. The van der Waals surface area contributed by atoms with E-state index in [2.05, 4.69) is 5.32 Å². The predicted molar refractivity (Wildman–Crippen MR) is 126 cm³/mol. The van der Waals surface area contributed by atoms with Crippen LogP contribution in [0.4, 0.5) is 0 Å². The lowest BCUT2D eigenvalue weighted by molar-refractivity contribution is -0.143. The number of nitrogens with one attached hydrogen (secondary N) is 1. The lowest BCUT2D eigenvalue weighted by Gasteiger charge is -2.31. The van der Waals surface area contributed by atoms with Gasteiger partial charge in [-0.1, -0.05) is 60.8 Å². The maximum Gasteiger partial charge on any atom is 0.261 e. The number of halogens is 3. The Morgan fingerprint density at radius 3 is 2.26 bits per heavy atom. The summed E-state index contributed by atoms with van der Waals surface area (Å²) in [5.41, 5.74) is 0.580. The van der Waals surface area contributed by atoms with Gasteiger partial charge in [-0.05, 0) is 50.1 Å². The molecule has 5 nitrogen and oxygen atoms in total. The summed E-state index contributed by atoms with van der Waals surface area (Å²) in [7, 11) is 0. The molecular weight excluding hydrogens is 459 g/mol. The van der Waals surface area contributed by atoms with E-state index in [1.807, 2.05) is 20.8 Å². The van der Waals surface area contributed by atoms with Crippen LogP contribution in [0, 0.1) is 0 Å². The first-order valence-corrected chi connectivity index (χ1v) is 11.3. The monoisotopic (exact) mass is 484 g/mol. The molecule has 0 unspecified atom stereocenters. The molecule has 1 N–H and O–H groups in total. The molecule has 0 aromatic heterocycles. The third-order valence-electron chi connectivity index (χ3n) is 4.94. The summed E-state index contributed by atoms with van der Waals surface area (Å²) in [5.74, 6) is -0.119. The maximum absolute atomic E-state index is 13.2. The number of hydrogen-bond donors (Lipinski definition) is 1. The normalized spacial score (nSPS) is 12.7. The van der Waals surface area contributed by atoms with Crippen LogP contribution in [-0.4, -0.2) is 35.4 Å². The third kappa shape index (κ3) is 7.30. The van der Waals surface area contributed by atoms with E-state index in [0.717, 1.165) is 6.42 Å². The Morgan fingerprint density at radius 2 is 1.68 bits per heavy atom. The molecule has 2 atom stereocenters. The number of carbonyl (C=O) groups is 2. The minimum Gasteiger partial charge on any atom is -0.484 e. The smallest absolute Gasteiger partial charge is 0.261 e. The molecule has 0 aliphatic carbocycles. The molecule has 0 saturated heterocycles. The predicted octanol–water partition coefficient (Wildman–Crippen LogP) is 5.75. The van der Waals surface area contributed by atoms with Gasteiger partial charge in [0.1, 0.15) is 11.8 Å². The van der Waals surface area contributed by atoms with Crippen molar-refractivity contribution in [1.29, 1.82) is 0 Å². The Balaban J connectivity index is 2.28. The van der Waals surface area contributed by atoms with Crippen molar-refractivity contribution in [1.82, 2.24) is 10.2 Å². The van der Waals surface area contributed by atoms with Gasteiger partial charge in [-0.25, -0.2) is 0 Å². The fourth-order valence-electron chi connectivity index (χ4n) is 3.00. The van der Waals surface area contributed by atoms with Crippen molar-refractivity contribution < 1.29 is 14.3 Å². The molecular formula is C23H27Cl3N2O3. The molecule has 8 heteroatoms. The Morgan fingerprint density at radius 1 is 1.03 bits per heavy atom. The summed E-state index contributed by atoms with van der Waals surface area (Å²) >= 11 is 18.7. The van der Waals surface area contributed by atoms with E-state index in [1.165, 1.54) is 4.90 Å². The van der Waals surface area contributed by atoms with Crippen molar-refractivity contribution >= 4 is 46.6 Å². The minimum absolute atomic E-state index is 0.00915. The number of rotatable bonds is 10. The van der Waals surface area contributed by atoms with Gasteiger partial charge < -0.3 is 15.0 Å². The van der Waals surface area contributed by atoms with Gasteiger partial charge in [0.25, 0.3) is 5.91 Å². The number of ether oxygens (including phenoxy) is 1. The first-order valence-electron chi connectivity index (χ1n) is 10.2. The Hall–Kier alpha value is -1.95. The van der Waals surface area contributed by atoms with Gasteiger partial charge in [0.15, 0.2) is 6.61 Å². The van der Waals surface area contributed by atoms with Crippen LogP contribution in [0.15, 0.2) is 42.5 Å². The zero-order chi connectivity index (χ0) is 23.0. The van der Waals surface area contributed by atoms with Gasteiger partial charge in [0.2, 0.25) is 5.91 Å². The molecule has 0 aliphatic rings. The van der Waals surface area contributed by atoms with E-state index in [1.54, 1.807) is 42.5 Å². The third-order valence-corrected chi connectivity index (χ3v) is 5.88. The molecule has 0 radical (unpaired) electrons. The topological polar surface area (TPSA) is 58.6 Å². The standard InChI is InChI=1S/C23H27Cl3N2O3/c1-4-15(3)27-23(30)21(5-2)28(13-18-19(25)10-7-11-20(18)26)22(29)14-31-17-9-6-8-16(24)12-17/h6-12,15,21H,4-5,13-14H2,1-3H3,(H,27,30)/t15-,21+/m0/s1. The average Bonchev–Trinajstić information content (AvgIpc) is 2.73. The lowest BCUT2D eigenvalue weighted by Crippen LogP contribution is -2.51. The van der Waals surface area contributed by atoms with Crippen LogP contribution in [0.25, 0.3) is 0 Å². The second kappa shape index (κ2) is 12.2. The van der Waals surface area contributed by atoms with Crippen LogP contribution in [0.3, 0.4) is 0 Å². The van der Waals surface area contributed by atoms with Crippen LogP contribution in [0.2, 0.25) is 15.1 Å². The fourth-order valence-corrected chi connectivity index (χ4v) is 3.70. The average molecular weight is 486 g/mol. The molecule has 0 saturated carbocycles. The molecule has 0 heterocycles. The highest BCUT2D eigenvalue weighted by molar-refractivity contribution is 6.36. The summed E-state index contributed by atoms with van der Waals surface area (Å²) in [4.78, 5) is 27.6. The minimum atomic E-state index is -0.697. The SMILES string of the molecule is CC[C@H](C(=O)N[C@@H](C)CC)N(Cc1c(Cl)cccc1Cl)C(=O)COc1cccc(Cl)c1. The molecule has 0 fully saturated rings. The summed E-state index contributed by atoms with van der Waals surface area (Å²) in [6, 6.07) is 11.2. The van der Waals surface area contributed by atoms with Crippen LogP contribution >= 0.6 is 34.8 Å². The molecule has 0 bridgehead atoms. The number of benzene rings is 2. The van der Waals surface area contributed by atoms with Gasteiger partial charge in [0.05, 0.1) is 0 Å². The molecule has 168 valence electrons. The number of nitrogens with zero attached hydrogens (tertiary/aromatic N) is 1. The Kier molecular flexibility index (Phi) is 9.94. The zero-order valence-electron chi connectivity index (χ0n) is 17.8. The molecule has 2 amide bonds. The molecule has 2 rings (SSSR count). The van der Waals surface area contributed by atoms with Crippen molar-refractivity contribution in [3.05, 3.63) is 63.1 Å². The van der Waals surface area contributed by atoms with Crippen LogP contribution in [0.5, 0.6) is 5.75 Å². The van der Waals surface area contributed by atoms with Crippen molar-refractivity contribution in [3.8, 4) is 5.75 Å². The highest BCUT2D eigenvalue weighted by atomic mass is 35.5. The summed E-state index contributed by atoms with van der Waals surface area (Å²) in [6.45, 7) is 5.59. The van der Waals surface area contributed by atoms with Crippen molar-refractivity contribution in [2.75, 3.05) is 6.61 Å². The van der Waals surface area contributed by atoms with Crippen molar-refractivity contribution in [2.45, 2.75) is 52.2 Å². The summed E-state index contributed by atoms with van der Waals surface area (Å²) < 4.78 is 5.63. The van der Waals surface area contributed by atoms with Crippen molar-refractivity contribution in [2.24, 2.45) is 0 Å². The van der Waals surface area contributed by atoms with Crippen LogP contribution in [-0.2, 0) is 16.1 Å². The van der Waals surface area contributed by atoms with Gasteiger partial charge in [-0.15, -0.1) is 0 Å². The molecule has 2 aromatic carbocycles. The van der Waals surface area contributed by atoms with Gasteiger partial charge in [0, 0.05) is 33.2 Å². The van der Waals surface area contributed by atoms with Crippen molar-refractivity contribution in [3.63, 3.8) is 0 Å². The van der Waals surface area contributed by atoms with E-state index in [-0.39, 0.29) is 31.0 Å². The number of amides is 2. The largest absolute Gasteiger partial charge is 0.484 e. The van der Waals surface area contributed by atoms with E-state index in [9.17, 15) is 9.59 Å².